The van der Waals surface area contributed by atoms with E-state index in [-0.39, 0.29) is 0 Å². The number of hydrogen-bond acceptors (Lipinski definition) is 6. The summed E-state index contributed by atoms with van der Waals surface area (Å²) in [4.78, 5) is 2.43. The molecule has 1 saturated heterocycles. The smallest absolute Gasteiger partial charge is 0.243 e. The highest BCUT2D eigenvalue weighted by molar-refractivity contribution is 7.89. The first-order valence-electron chi connectivity index (χ1n) is 11.4. The van der Waals surface area contributed by atoms with Gasteiger partial charge >= 0.3 is 0 Å². The Morgan fingerprint density at radius 1 is 0.765 bits per heavy atom. The predicted octanol–water partition coefficient (Wildman–Crippen LogP) is 4.21. The summed E-state index contributed by atoms with van der Waals surface area (Å²) in [7, 11) is -2.00. The first-order valence-corrected chi connectivity index (χ1v) is 12.9. The van der Waals surface area contributed by atoms with Crippen LogP contribution in [0.5, 0.6) is 5.75 Å². The average Bonchev–Trinajstić information content (AvgIpc) is 2.82. The van der Waals surface area contributed by atoms with Crippen molar-refractivity contribution in [2.45, 2.75) is 39.5 Å². The highest BCUT2D eigenvalue weighted by Gasteiger charge is 2.30. The SMILES string of the molecule is COc1cc(C)c(S(=O)(=O)N2CCN(c3ccc(-c4cc(C)c(C)cc4C)nn3)CC2)cc1C. The Kier molecular flexibility index (Phi) is 6.64. The van der Waals surface area contributed by atoms with E-state index in [1.54, 1.807) is 30.5 Å². The van der Waals surface area contributed by atoms with E-state index in [0.29, 0.717) is 42.4 Å². The number of aromatic nitrogens is 2. The molecule has 0 bridgehead atoms. The molecule has 2 heterocycles. The third kappa shape index (κ3) is 4.52. The van der Waals surface area contributed by atoms with Gasteiger partial charge in [0.25, 0.3) is 0 Å². The standard InChI is InChI=1S/C26H32N4O3S/c1-17-13-19(3)22(14-18(17)2)23-7-8-26(28-27-23)29-9-11-30(12-10-29)34(31,32)25-16-20(4)24(33-6)15-21(25)5/h7-8,13-16H,9-12H2,1-6H3. The van der Waals surface area contributed by atoms with Crippen LogP contribution in [0.3, 0.4) is 0 Å². The minimum Gasteiger partial charge on any atom is -0.496 e. The van der Waals surface area contributed by atoms with Crippen molar-refractivity contribution in [2.75, 3.05) is 38.2 Å². The molecule has 0 unspecified atom stereocenters. The van der Waals surface area contributed by atoms with Crippen LogP contribution < -0.4 is 9.64 Å². The minimum absolute atomic E-state index is 0.340. The molecule has 180 valence electrons. The van der Waals surface area contributed by atoms with Gasteiger partial charge in [-0.25, -0.2) is 8.42 Å². The van der Waals surface area contributed by atoms with Crippen molar-refractivity contribution in [1.29, 1.82) is 0 Å². The first kappa shape index (κ1) is 24.2. The van der Waals surface area contributed by atoms with Gasteiger partial charge in [0.15, 0.2) is 5.82 Å². The number of methoxy groups -OCH3 is 1. The maximum absolute atomic E-state index is 13.3. The first-order chi connectivity index (χ1) is 16.1. The Morgan fingerprint density at radius 3 is 2.06 bits per heavy atom. The lowest BCUT2D eigenvalue weighted by atomic mass is 9.99. The third-order valence-electron chi connectivity index (χ3n) is 6.64. The molecule has 1 aliphatic rings. The zero-order valence-corrected chi connectivity index (χ0v) is 21.5. The predicted molar refractivity (Wildman–Crippen MR) is 135 cm³/mol. The summed E-state index contributed by atoms with van der Waals surface area (Å²) in [6, 6.07) is 11.8. The van der Waals surface area contributed by atoms with Crippen molar-refractivity contribution in [3.05, 3.63) is 64.2 Å². The van der Waals surface area contributed by atoms with Gasteiger partial charge in [0.1, 0.15) is 5.75 Å². The molecule has 0 amide bonds. The fraction of sp³-hybridized carbons (Fsp3) is 0.385. The molecule has 0 N–H and O–H groups in total. The molecule has 7 nitrogen and oxygen atoms in total. The Morgan fingerprint density at radius 2 is 1.44 bits per heavy atom. The van der Waals surface area contributed by atoms with Gasteiger partial charge in [0.2, 0.25) is 10.0 Å². The Labute approximate surface area is 202 Å². The van der Waals surface area contributed by atoms with Crippen LogP contribution in [0.1, 0.15) is 27.8 Å². The van der Waals surface area contributed by atoms with Crippen LogP contribution in [0.4, 0.5) is 5.82 Å². The third-order valence-corrected chi connectivity index (χ3v) is 8.68. The monoisotopic (exact) mass is 480 g/mol. The number of rotatable bonds is 5. The number of ether oxygens (including phenoxy) is 1. The molecular formula is C26H32N4O3S. The van der Waals surface area contributed by atoms with E-state index in [1.807, 2.05) is 19.1 Å². The van der Waals surface area contributed by atoms with E-state index in [9.17, 15) is 8.42 Å². The number of sulfonamides is 1. The average molecular weight is 481 g/mol. The Bertz CT molecular complexity index is 1310. The van der Waals surface area contributed by atoms with E-state index in [2.05, 4.69) is 48.0 Å². The van der Waals surface area contributed by atoms with E-state index in [1.165, 1.54) is 16.7 Å². The highest BCUT2D eigenvalue weighted by Crippen LogP contribution is 2.29. The van der Waals surface area contributed by atoms with Crippen molar-refractivity contribution < 1.29 is 13.2 Å². The lowest BCUT2D eigenvalue weighted by Crippen LogP contribution is -2.49. The molecule has 2 aromatic carbocycles. The van der Waals surface area contributed by atoms with Crippen LogP contribution in [-0.2, 0) is 10.0 Å². The molecule has 0 spiro atoms. The second kappa shape index (κ2) is 9.35. The summed E-state index contributed by atoms with van der Waals surface area (Å²) in [5, 5.41) is 8.93. The van der Waals surface area contributed by atoms with Crippen LogP contribution in [0.15, 0.2) is 41.3 Å². The van der Waals surface area contributed by atoms with Crippen LogP contribution in [0, 0.1) is 34.6 Å². The van der Waals surface area contributed by atoms with Crippen LogP contribution >= 0.6 is 0 Å². The van der Waals surface area contributed by atoms with Gasteiger partial charge in [0, 0.05) is 31.7 Å². The van der Waals surface area contributed by atoms with Gasteiger partial charge in [0.05, 0.1) is 17.7 Å². The fourth-order valence-electron chi connectivity index (χ4n) is 4.43. The van der Waals surface area contributed by atoms with Crippen molar-refractivity contribution in [3.8, 4) is 17.0 Å². The van der Waals surface area contributed by atoms with E-state index < -0.39 is 10.0 Å². The molecular weight excluding hydrogens is 448 g/mol. The molecule has 0 atom stereocenters. The second-order valence-corrected chi connectivity index (χ2v) is 10.9. The highest BCUT2D eigenvalue weighted by atomic mass is 32.2. The molecule has 0 radical (unpaired) electrons. The van der Waals surface area contributed by atoms with Crippen LogP contribution in [0.25, 0.3) is 11.3 Å². The van der Waals surface area contributed by atoms with Crippen molar-refractivity contribution in [2.24, 2.45) is 0 Å². The zero-order valence-electron chi connectivity index (χ0n) is 20.7. The molecule has 34 heavy (non-hydrogen) atoms. The summed E-state index contributed by atoms with van der Waals surface area (Å²) >= 11 is 0. The van der Waals surface area contributed by atoms with Crippen molar-refractivity contribution in [3.63, 3.8) is 0 Å². The van der Waals surface area contributed by atoms with Gasteiger partial charge in [-0.1, -0.05) is 6.07 Å². The lowest BCUT2D eigenvalue weighted by molar-refractivity contribution is 0.382. The van der Waals surface area contributed by atoms with E-state index in [4.69, 9.17) is 4.74 Å². The fourth-order valence-corrected chi connectivity index (χ4v) is 6.15. The lowest BCUT2D eigenvalue weighted by Gasteiger charge is -2.34. The molecule has 0 aliphatic carbocycles. The normalized spacial score (nSPS) is 14.9. The quantitative estimate of drug-likeness (QED) is 0.545. The summed E-state index contributed by atoms with van der Waals surface area (Å²) in [5.41, 5.74) is 7.09. The second-order valence-electron chi connectivity index (χ2n) is 9.01. The summed E-state index contributed by atoms with van der Waals surface area (Å²) in [6.07, 6.45) is 0. The van der Waals surface area contributed by atoms with Gasteiger partial charge in [-0.2, -0.15) is 4.31 Å². The number of piperazine rings is 1. The van der Waals surface area contributed by atoms with Gasteiger partial charge in [-0.05, 0) is 92.8 Å². The number of aryl methyl sites for hydroxylation is 5. The summed E-state index contributed by atoms with van der Waals surface area (Å²) in [6.45, 7) is 11.9. The summed E-state index contributed by atoms with van der Waals surface area (Å²) < 4.78 is 33.5. The molecule has 0 saturated carbocycles. The van der Waals surface area contributed by atoms with Crippen LogP contribution in [0.2, 0.25) is 0 Å². The molecule has 3 aromatic rings. The zero-order chi connectivity index (χ0) is 24.6. The number of anilines is 1. The largest absolute Gasteiger partial charge is 0.496 e. The number of benzene rings is 2. The molecule has 8 heteroatoms. The van der Waals surface area contributed by atoms with Gasteiger partial charge in [-0.15, -0.1) is 10.2 Å². The molecule has 1 fully saturated rings. The van der Waals surface area contributed by atoms with E-state index >= 15 is 0 Å². The van der Waals surface area contributed by atoms with Gasteiger partial charge in [-0.3, -0.25) is 0 Å². The minimum atomic E-state index is -3.59. The van der Waals surface area contributed by atoms with Crippen molar-refractivity contribution in [1.82, 2.24) is 14.5 Å². The molecule has 1 aromatic heterocycles. The Hall–Kier alpha value is -2.97. The molecule has 4 rings (SSSR count). The van der Waals surface area contributed by atoms with Crippen LogP contribution in [-0.4, -0.2) is 56.2 Å². The Balaban J connectivity index is 1.48. The molecule has 1 aliphatic heterocycles. The summed E-state index contributed by atoms with van der Waals surface area (Å²) in [5.74, 6) is 1.46. The maximum Gasteiger partial charge on any atom is 0.243 e. The topological polar surface area (TPSA) is 75.6 Å². The number of nitrogens with zero attached hydrogens (tertiary/aromatic N) is 4. The maximum atomic E-state index is 13.3. The van der Waals surface area contributed by atoms with Gasteiger partial charge < -0.3 is 9.64 Å². The van der Waals surface area contributed by atoms with E-state index in [0.717, 1.165) is 22.6 Å². The van der Waals surface area contributed by atoms with Crippen molar-refractivity contribution >= 4 is 15.8 Å². The number of hydrogen-bond donors (Lipinski definition) is 0.